The van der Waals surface area contributed by atoms with Crippen LogP contribution in [-0.2, 0) is 10.0 Å². The second-order valence-corrected chi connectivity index (χ2v) is 9.96. The molecule has 9 heteroatoms. The number of piperidine rings is 1. The van der Waals surface area contributed by atoms with E-state index in [1.807, 2.05) is 6.07 Å². The number of piperazine rings is 1. The van der Waals surface area contributed by atoms with Crippen molar-refractivity contribution in [1.29, 1.82) is 0 Å². The Bertz CT molecular complexity index is 908. The number of nitrogens with zero attached hydrogens (tertiary/aromatic N) is 5. The molecular weight excluding hydrogens is 442 g/mol. The van der Waals surface area contributed by atoms with Gasteiger partial charge >= 0.3 is 0 Å². The molecule has 0 saturated carbocycles. The average molecular weight is 466 g/mol. The van der Waals surface area contributed by atoms with Gasteiger partial charge in [0.25, 0.3) is 0 Å². The minimum atomic E-state index is -3.46. The molecule has 2 aromatic rings. The van der Waals surface area contributed by atoms with Crippen molar-refractivity contribution in [2.24, 2.45) is 0 Å². The Hall–Kier alpha value is -1.71. The highest BCUT2D eigenvalue weighted by Gasteiger charge is 2.29. The molecule has 1 aromatic heterocycles. The minimum Gasteiger partial charge on any atom is -0.354 e. The first kappa shape index (κ1) is 19.6. The third-order valence-corrected chi connectivity index (χ3v) is 7.72. The molecule has 0 N–H and O–H groups in total. The highest BCUT2D eigenvalue weighted by molar-refractivity contribution is 9.10. The predicted molar refractivity (Wildman–Crippen MR) is 113 cm³/mol. The van der Waals surface area contributed by atoms with Crippen LogP contribution in [0.5, 0.6) is 0 Å². The SMILES string of the molecule is O=S(=O)(c1ccc(Br)cc1)N1CCN(c2ccnc(N3CCCCC3)n2)CC1. The van der Waals surface area contributed by atoms with Gasteiger partial charge in [-0.2, -0.15) is 9.29 Å². The van der Waals surface area contributed by atoms with Crippen LogP contribution in [0.2, 0.25) is 0 Å². The highest BCUT2D eigenvalue weighted by atomic mass is 79.9. The van der Waals surface area contributed by atoms with E-state index in [4.69, 9.17) is 4.98 Å². The zero-order valence-corrected chi connectivity index (χ0v) is 18.1. The summed E-state index contributed by atoms with van der Waals surface area (Å²) in [5.74, 6) is 1.65. The van der Waals surface area contributed by atoms with E-state index in [1.54, 1.807) is 34.8 Å². The molecule has 0 aliphatic carbocycles. The number of rotatable bonds is 4. The predicted octanol–water partition coefficient (Wildman–Crippen LogP) is 2.74. The summed E-state index contributed by atoms with van der Waals surface area (Å²) in [6.07, 6.45) is 5.43. The van der Waals surface area contributed by atoms with Crippen LogP contribution in [0, 0.1) is 0 Å². The van der Waals surface area contributed by atoms with Gasteiger partial charge in [-0.05, 0) is 49.6 Å². The number of hydrogen-bond donors (Lipinski definition) is 0. The Balaban J connectivity index is 1.43. The lowest BCUT2D eigenvalue weighted by Crippen LogP contribution is -2.49. The van der Waals surface area contributed by atoms with Gasteiger partial charge in [-0.15, -0.1) is 0 Å². The lowest BCUT2D eigenvalue weighted by Gasteiger charge is -2.35. The lowest BCUT2D eigenvalue weighted by molar-refractivity contribution is 0.383. The summed E-state index contributed by atoms with van der Waals surface area (Å²) in [5, 5.41) is 0. The van der Waals surface area contributed by atoms with Gasteiger partial charge in [0.2, 0.25) is 16.0 Å². The summed E-state index contributed by atoms with van der Waals surface area (Å²) in [4.78, 5) is 13.9. The third kappa shape index (κ3) is 4.16. The molecule has 150 valence electrons. The first-order valence-electron chi connectivity index (χ1n) is 9.63. The van der Waals surface area contributed by atoms with Gasteiger partial charge in [-0.25, -0.2) is 13.4 Å². The topological polar surface area (TPSA) is 69.6 Å². The van der Waals surface area contributed by atoms with E-state index in [2.05, 4.69) is 30.7 Å². The molecular formula is C19H24BrN5O2S. The molecule has 0 spiro atoms. The minimum absolute atomic E-state index is 0.332. The van der Waals surface area contributed by atoms with Crippen molar-refractivity contribution >= 4 is 37.7 Å². The zero-order valence-electron chi connectivity index (χ0n) is 15.7. The van der Waals surface area contributed by atoms with Gasteiger partial charge < -0.3 is 9.80 Å². The van der Waals surface area contributed by atoms with Crippen molar-refractivity contribution in [3.8, 4) is 0 Å². The maximum Gasteiger partial charge on any atom is 0.243 e. The molecule has 28 heavy (non-hydrogen) atoms. The summed E-state index contributed by atoms with van der Waals surface area (Å²) >= 11 is 3.35. The van der Waals surface area contributed by atoms with Crippen LogP contribution in [0.1, 0.15) is 19.3 Å². The Morgan fingerprint density at radius 3 is 2.18 bits per heavy atom. The third-order valence-electron chi connectivity index (χ3n) is 5.28. The second-order valence-electron chi connectivity index (χ2n) is 7.11. The van der Waals surface area contributed by atoms with Crippen LogP contribution in [0.4, 0.5) is 11.8 Å². The van der Waals surface area contributed by atoms with E-state index >= 15 is 0 Å². The molecule has 0 amide bonds. The number of sulfonamides is 1. The molecule has 7 nitrogen and oxygen atoms in total. The normalized spacial score (nSPS) is 19.0. The fourth-order valence-electron chi connectivity index (χ4n) is 3.67. The summed E-state index contributed by atoms with van der Waals surface area (Å²) in [5.41, 5.74) is 0. The summed E-state index contributed by atoms with van der Waals surface area (Å²) in [6, 6.07) is 8.70. The van der Waals surface area contributed by atoms with E-state index in [0.29, 0.717) is 31.1 Å². The Labute approximate surface area is 174 Å². The van der Waals surface area contributed by atoms with Crippen LogP contribution in [-0.4, -0.2) is 62.0 Å². The first-order valence-corrected chi connectivity index (χ1v) is 11.9. The average Bonchev–Trinajstić information content (AvgIpc) is 2.75. The molecule has 0 unspecified atom stereocenters. The fourth-order valence-corrected chi connectivity index (χ4v) is 5.36. The van der Waals surface area contributed by atoms with E-state index in [1.165, 1.54) is 19.3 Å². The van der Waals surface area contributed by atoms with E-state index < -0.39 is 10.0 Å². The first-order chi connectivity index (χ1) is 13.5. The van der Waals surface area contributed by atoms with Crippen molar-refractivity contribution in [3.63, 3.8) is 0 Å². The standard InChI is InChI=1S/C19H24BrN5O2S/c20-16-4-6-17(7-5-16)28(26,27)25-14-12-23(13-15-25)18-8-9-21-19(22-18)24-10-2-1-3-11-24/h4-9H,1-3,10-15H2. The van der Waals surface area contributed by atoms with Crippen LogP contribution >= 0.6 is 15.9 Å². The van der Waals surface area contributed by atoms with E-state index in [0.717, 1.165) is 29.3 Å². The van der Waals surface area contributed by atoms with Gasteiger partial charge in [0.1, 0.15) is 5.82 Å². The molecule has 1 aromatic carbocycles. The van der Waals surface area contributed by atoms with E-state index in [9.17, 15) is 8.42 Å². The molecule has 2 aliphatic heterocycles. The summed E-state index contributed by atoms with van der Waals surface area (Å²) < 4.78 is 28.1. The Kier molecular flexibility index (Phi) is 5.84. The maximum atomic E-state index is 12.9. The highest BCUT2D eigenvalue weighted by Crippen LogP contribution is 2.23. The molecule has 2 saturated heterocycles. The number of halogens is 1. The van der Waals surface area contributed by atoms with Gasteiger partial charge in [-0.3, -0.25) is 0 Å². The quantitative estimate of drug-likeness (QED) is 0.691. The van der Waals surface area contributed by atoms with Crippen LogP contribution in [0.15, 0.2) is 45.9 Å². The van der Waals surface area contributed by atoms with Crippen molar-refractivity contribution in [3.05, 3.63) is 41.0 Å². The molecule has 0 atom stereocenters. The second kappa shape index (κ2) is 8.34. The van der Waals surface area contributed by atoms with Gasteiger partial charge in [0, 0.05) is 49.9 Å². The molecule has 0 bridgehead atoms. The molecule has 4 rings (SSSR count). The van der Waals surface area contributed by atoms with Crippen LogP contribution in [0.25, 0.3) is 0 Å². The van der Waals surface area contributed by atoms with Gasteiger partial charge in [0.15, 0.2) is 0 Å². The summed E-state index contributed by atoms with van der Waals surface area (Å²) in [7, 11) is -3.46. The number of anilines is 2. The Morgan fingerprint density at radius 1 is 0.821 bits per heavy atom. The lowest BCUT2D eigenvalue weighted by atomic mass is 10.1. The maximum absolute atomic E-state index is 12.9. The smallest absolute Gasteiger partial charge is 0.243 e. The fraction of sp³-hybridized carbons (Fsp3) is 0.474. The van der Waals surface area contributed by atoms with Gasteiger partial charge in [0.05, 0.1) is 4.90 Å². The molecule has 0 radical (unpaired) electrons. The number of benzene rings is 1. The number of aromatic nitrogens is 2. The Morgan fingerprint density at radius 2 is 1.50 bits per heavy atom. The largest absolute Gasteiger partial charge is 0.354 e. The molecule has 2 aliphatic rings. The van der Waals surface area contributed by atoms with Crippen LogP contribution < -0.4 is 9.80 Å². The van der Waals surface area contributed by atoms with Crippen LogP contribution in [0.3, 0.4) is 0 Å². The zero-order chi connectivity index (χ0) is 19.6. The number of hydrogen-bond acceptors (Lipinski definition) is 6. The molecule has 3 heterocycles. The van der Waals surface area contributed by atoms with Gasteiger partial charge in [-0.1, -0.05) is 15.9 Å². The van der Waals surface area contributed by atoms with Crippen molar-refractivity contribution < 1.29 is 8.42 Å². The monoisotopic (exact) mass is 465 g/mol. The van der Waals surface area contributed by atoms with Crippen molar-refractivity contribution in [2.75, 3.05) is 49.1 Å². The molecule has 2 fully saturated rings. The van der Waals surface area contributed by atoms with Crippen molar-refractivity contribution in [2.45, 2.75) is 24.2 Å². The summed E-state index contributed by atoms with van der Waals surface area (Å²) in [6.45, 7) is 4.13. The van der Waals surface area contributed by atoms with E-state index in [-0.39, 0.29) is 0 Å². The van der Waals surface area contributed by atoms with Crippen molar-refractivity contribution in [1.82, 2.24) is 14.3 Å².